The van der Waals surface area contributed by atoms with Gasteiger partial charge in [0.15, 0.2) is 0 Å². The lowest BCUT2D eigenvalue weighted by molar-refractivity contribution is -0.128. The molecule has 0 unspecified atom stereocenters. The van der Waals surface area contributed by atoms with Gasteiger partial charge in [-0.1, -0.05) is 6.92 Å². The van der Waals surface area contributed by atoms with Gasteiger partial charge in [-0.2, -0.15) is 0 Å². The molecule has 0 atom stereocenters. The van der Waals surface area contributed by atoms with Crippen LogP contribution in [0, 0.1) is 0 Å². The Kier molecular flexibility index (Phi) is 3.46. The van der Waals surface area contributed by atoms with Crippen LogP contribution >= 0.6 is 0 Å². The number of imide groups is 1. The van der Waals surface area contributed by atoms with Crippen molar-refractivity contribution < 1.29 is 14.7 Å². The fourth-order valence-electron chi connectivity index (χ4n) is 0.609. The minimum absolute atomic E-state index is 0.224. The Labute approximate surface area is 59.4 Å². The summed E-state index contributed by atoms with van der Waals surface area (Å²) in [6.07, 6.45) is -0.936. The van der Waals surface area contributed by atoms with Crippen LogP contribution in [0.25, 0.3) is 0 Å². The number of carboxylic acid groups (broad SMARTS) is 1. The second-order valence-electron chi connectivity index (χ2n) is 1.77. The molecule has 58 valence electrons. The largest absolute Gasteiger partial charge is 0.465 e. The molecule has 0 aliphatic heterocycles. The van der Waals surface area contributed by atoms with Crippen molar-refractivity contribution in [3.8, 4) is 0 Å². The van der Waals surface area contributed by atoms with E-state index in [-0.39, 0.29) is 18.9 Å². The summed E-state index contributed by atoms with van der Waals surface area (Å²) in [6.45, 7) is 3.48. The van der Waals surface area contributed by atoms with E-state index in [1.165, 1.54) is 0 Å². The molecule has 2 amide bonds. The molecule has 0 rings (SSSR count). The summed E-state index contributed by atoms with van der Waals surface area (Å²) < 4.78 is 0. The zero-order valence-electron chi connectivity index (χ0n) is 6.13. The van der Waals surface area contributed by atoms with Gasteiger partial charge in [0.25, 0.3) is 0 Å². The summed E-state index contributed by atoms with van der Waals surface area (Å²) in [6, 6.07) is 0. The normalized spacial score (nSPS) is 9.00. The van der Waals surface area contributed by atoms with Gasteiger partial charge in [0.1, 0.15) is 0 Å². The Morgan fingerprint density at radius 2 is 1.90 bits per heavy atom. The number of carbonyl (C=O) groups excluding carboxylic acids is 1. The van der Waals surface area contributed by atoms with Crippen LogP contribution in [0.2, 0.25) is 0 Å². The number of carbonyl (C=O) groups is 2. The fourth-order valence-corrected chi connectivity index (χ4v) is 0.609. The Morgan fingerprint density at radius 3 is 2.00 bits per heavy atom. The summed E-state index contributed by atoms with van der Waals surface area (Å²) in [5.74, 6) is -0.352. The first kappa shape index (κ1) is 8.94. The molecule has 0 saturated heterocycles. The van der Waals surface area contributed by atoms with Gasteiger partial charge in [-0.15, -0.1) is 0 Å². The lowest BCUT2D eigenvalue weighted by Crippen LogP contribution is -2.34. The molecular formula is C6H11NO3. The van der Waals surface area contributed by atoms with E-state index in [0.29, 0.717) is 0 Å². The maximum atomic E-state index is 10.7. The summed E-state index contributed by atoms with van der Waals surface area (Å²) in [7, 11) is 0. The van der Waals surface area contributed by atoms with Crippen molar-refractivity contribution in [2.24, 2.45) is 0 Å². The van der Waals surface area contributed by atoms with Gasteiger partial charge in [0.2, 0.25) is 5.91 Å². The topological polar surface area (TPSA) is 57.6 Å². The zero-order chi connectivity index (χ0) is 8.15. The van der Waals surface area contributed by atoms with Gasteiger partial charge in [-0.25, -0.2) is 9.69 Å². The van der Waals surface area contributed by atoms with E-state index in [0.717, 1.165) is 4.90 Å². The number of rotatable bonds is 2. The van der Waals surface area contributed by atoms with Crippen molar-refractivity contribution in [3.63, 3.8) is 0 Å². The molecule has 0 aliphatic rings. The maximum absolute atomic E-state index is 10.7. The minimum atomic E-state index is -1.17. The SMILES string of the molecule is CCC(=O)N(CC)C(=O)O. The lowest BCUT2D eigenvalue weighted by Gasteiger charge is -2.12. The standard InChI is InChI=1S/C6H11NO3/c1-3-5(8)7(4-2)6(9)10/h3-4H2,1-2H3,(H,9,10). The highest BCUT2D eigenvalue weighted by Crippen LogP contribution is 1.93. The highest BCUT2D eigenvalue weighted by atomic mass is 16.4. The quantitative estimate of drug-likeness (QED) is 0.628. The van der Waals surface area contributed by atoms with E-state index in [9.17, 15) is 9.59 Å². The van der Waals surface area contributed by atoms with Crippen molar-refractivity contribution in [1.29, 1.82) is 0 Å². The monoisotopic (exact) mass is 145 g/mol. The minimum Gasteiger partial charge on any atom is -0.465 e. The molecule has 0 saturated carbocycles. The average molecular weight is 145 g/mol. The van der Waals surface area contributed by atoms with Gasteiger partial charge in [-0.05, 0) is 6.92 Å². The van der Waals surface area contributed by atoms with E-state index < -0.39 is 6.09 Å². The molecule has 0 radical (unpaired) electrons. The highest BCUT2D eigenvalue weighted by molar-refractivity contribution is 5.90. The first-order valence-corrected chi connectivity index (χ1v) is 3.16. The zero-order valence-corrected chi connectivity index (χ0v) is 6.13. The molecular weight excluding hydrogens is 134 g/mol. The van der Waals surface area contributed by atoms with Crippen LogP contribution in [0.15, 0.2) is 0 Å². The van der Waals surface area contributed by atoms with Crippen molar-refractivity contribution in [2.75, 3.05) is 6.54 Å². The van der Waals surface area contributed by atoms with Gasteiger partial charge in [0, 0.05) is 13.0 Å². The predicted octanol–water partition coefficient (Wildman–Crippen LogP) is 0.923. The molecule has 0 aromatic heterocycles. The van der Waals surface area contributed by atoms with Crippen LogP contribution in [0.4, 0.5) is 4.79 Å². The van der Waals surface area contributed by atoms with Crippen LogP contribution in [-0.2, 0) is 4.79 Å². The number of hydrogen-bond donors (Lipinski definition) is 1. The third-order valence-corrected chi connectivity index (χ3v) is 1.15. The molecule has 4 nitrogen and oxygen atoms in total. The molecule has 0 spiro atoms. The molecule has 0 heterocycles. The van der Waals surface area contributed by atoms with Crippen molar-refractivity contribution in [3.05, 3.63) is 0 Å². The molecule has 1 N–H and O–H groups in total. The Hall–Kier alpha value is -1.06. The molecule has 10 heavy (non-hydrogen) atoms. The molecule has 0 fully saturated rings. The third kappa shape index (κ3) is 2.05. The number of hydrogen-bond acceptors (Lipinski definition) is 2. The lowest BCUT2D eigenvalue weighted by atomic mass is 10.4. The van der Waals surface area contributed by atoms with E-state index in [4.69, 9.17) is 5.11 Å². The Bertz CT molecular complexity index is 144. The first-order chi connectivity index (χ1) is 4.63. The van der Waals surface area contributed by atoms with Gasteiger partial charge < -0.3 is 5.11 Å². The van der Waals surface area contributed by atoms with Crippen molar-refractivity contribution in [1.82, 2.24) is 4.90 Å². The summed E-state index contributed by atoms with van der Waals surface area (Å²) in [4.78, 5) is 21.8. The van der Waals surface area contributed by atoms with Gasteiger partial charge >= 0.3 is 6.09 Å². The van der Waals surface area contributed by atoms with Gasteiger partial charge in [-0.3, -0.25) is 4.79 Å². The molecule has 0 bridgehead atoms. The van der Waals surface area contributed by atoms with Crippen LogP contribution in [0.1, 0.15) is 20.3 Å². The third-order valence-electron chi connectivity index (χ3n) is 1.15. The smallest absolute Gasteiger partial charge is 0.414 e. The predicted molar refractivity (Wildman–Crippen MR) is 35.7 cm³/mol. The molecule has 0 aliphatic carbocycles. The average Bonchev–Trinajstić information content (AvgIpc) is 1.88. The first-order valence-electron chi connectivity index (χ1n) is 3.16. The highest BCUT2D eigenvalue weighted by Gasteiger charge is 2.15. The second kappa shape index (κ2) is 3.87. The fraction of sp³-hybridized carbons (Fsp3) is 0.667. The maximum Gasteiger partial charge on any atom is 0.414 e. The summed E-state index contributed by atoms with van der Waals surface area (Å²) >= 11 is 0. The van der Waals surface area contributed by atoms with Crippen molar-refractivity contribution in [2.45, 2.75) is 20.3 Å². The Morgan fingerprint density at radius 1 is 1.40 bits per heavy atom. The number of nitrogens with zero attached hydrogens (tertiary/aromatic N) is 1. The second-order valence-corrected chi connectivity index (χ2v) is 1.77. The van der Waals surface area contributed by atoms with E-state index in [1.54, 1.807) is 13.8 Å². The van der Waals surface area contributed by atoms with E-state index >= 15 is 0 Å². The number of amides is 2. The molecule has 0 aromatic rings. The Balaban J connectivity index is 4.06. The molecule has 0 aromatic carbocycles. The molecule has 4 heteroatoms. The van der Waals surface area contributed by atoms with Crippen LogP contribution < -0.4 is 0 Å². The van der Waals surface area contributed by atoms with E-state index in [1.807, 2.05) is 0 Å². The van der Waals surface area contributed by atoms with E-state index in [2.05, 4.69) is 0 Å². The van der Waals surface area contributed by atoms with Crippen LogP contribution in [-0.4, -0.2) is 28.6 Å². The van der Waals surface area contributed by atoms with Gasteiger partial charge in [0.05, 0.1) is 0 Å². The van der Waals surface area contributed by atoms with Crippen LogP contribution in [0.3, 0.4) is 0 Å². The van der Waals surface area contributed by atoms with Crippen LogP contribution in [0.5, 0.6) is 0 Å². The summed E-state index contributed by atoms with van der Waals surface area (Å²) in [5, 5.41) is 8.38. The van der Waals surface area contributed by atoms with Crippen molar-refractivity contribution >= 4 is 12.0 Å². The summed E-state index contributed by atoms with van der Waals surface area (Å²) in [5.41, 5.74) is 0.